The van der Waals surface area contributed by atoms with Crippen LogP contribution >= 0.6 is 0 Å². The average Bonchev–Trinajstić information content (AvgIpc) is 3.12. The highest BCUT2D eigenvalue weighted by Gasteiger charge is 2.53. The van der Waals surface area contributed by atoms with E-state index in [2.05, 4.69) is 18.7 Å². The normalized spacial score (nSPS) is 47.6. The first-order valence-corrected chi connectivity index (χ1v) is 20.6. The molecule has 3 rings (SSSR count). The van der Waals surface area contributed by atoms with Gasteiger partial charge in [0.05, 0.1) is 41.5 Å². The lowest BCUT2D eigenvalue weighted by Gasteiger charge is -2.49. The van der Waals surface area contributed by atoms with E-state index in [-0.39, 0.29) is 30.9 Å². The summed E-state index contributed by atoms with van der Waals surface area (Å²) in [7, 11) is 7.01. The van der Waals surface area contributed by atoms with E-state index in [1.54, 1.807) is 27.9 Å². The summed E-state index contributed by atoms with van der Waals surface area (Å²) in [5.74, 6) is -2.21. The molecule has 0 saturated carbocycles. The SMILES string of the molecule is CCCN1C[C@H](C)C[C@@](C)(OC)[C@H](O[C@@H]2O[C@H](C)C[C@H](N(C)C)[C@H]2O)[C@@H](C)[C@H](O[C@H]2C[C@@](C)(OC)[C@@H](O)[C@H](C)O2)[C@@H](C)C(=O)O[C@H](CC)[C@@](C)(O)[C@H](O)[C@H]1C. The van der Waals surface area contributed by atoms with Crippen molar-refractivity contribution in [3.8, 4) is 0 Å². The summed E-state index contributed by atoms with van der Waals surface area (Å²) in [6.07, 6.45) is -6.39. The van der Waals surface area contributed by atoms with Gasteiger partial charge in [0.15, 0.2) is 12.6 Å². The maximum Gasteiger partial charge on any atom is 0.311 e. The summed E-state index contributed by atoms with van der Waals surface area (Å²) in [6.45, 7) is 21.8. The predicted molar refractivity (Wildman–Crippen MR) is 208 cm³/mol. The van der Waals surface area contributed by atoms with Crippen LogP contribution in [0.3, 0.4) is 0 Å². The first-order chi connectivity index (χ1) is 25.5. The molecule has 0 radical (unpaired) electrons. The number of rotatable bonds is 10. The van der Waals surface area contributed by atoms with E-state index in [0.717, 1.165) is 6.42 Å². The molecule has 14 heteroatoms. The summed E-state index contributed by atoms with van der Waals surface area (Å²) in [5.41, 5.74) is -3.79. The largest absolute Gasteiger partial charge is 0.459 e. The van der Waals surface area contributed by atoms with Gasteiger partial charge in [-0.3, -0.25) is 9.69 Å². The highest BCUT2D eigenvalue weighted by Crippen LogP contribution is 2.41. The minimum atomic E-state index is -1.78. The zero-order valence-corrected chi connectivity index (χ0v) is 36.6. The standard InChI is InChI=1S/C41H78N2O12/c1-16-18-43-22-23(3)20-40(10,50-15)36(55-38-32(44)29(42(12)13)19-24(4)51-38)25(5)33(54-31-21-39(9,49-14)35(46)28(8)52-31)26(6)37(47)53-30(17-2)41(11,48)34(45)27(43)7/h23-36,38,44-46,48H,16-22H2,1-15H3/t23-,24-,25+,26-,27-,28+,29+,30-,31+,32-,33+,34-,35+,36-,38+,39-,40-,41-/m1/s1. The van der Waals surface area contributed by atoms with Crippen LogP contribution in [0.15, 0.2) is 0 Å². The van der Waals surface area contributed by atoms with Crippen molar-refractivity contribution in [2.45, 2.75) is 199 Å². The lowest BCUT2D eigenvalue weighted by Crippen LogP contribution is -2.61. The first-order valence-electron chi connectivity index (χ1n) is 20.6. The summed E-state index contributed by atoms with van der Waals surface area (Å²) >= 11 is 0. The number of hydrogen-bond acceptors (Lipinski definition) is 14. The van der Waals surface area contributed by atoms with Crippen molar-refractivity contribution in [3.05, 3.63) is 0 Å². The summed E-state index contributed by atoms with van der Waals surface area (Å²) < 4.78 is 44.8. The summed E-state index contributed by atoms with van der Waals surface area (Å²) in [4.78, 5) is 18.5. The Hall–Kier alpha value is -1.01. The van der Waals surface area contributed by atoms with E-state index in [4.69, 9.17) is 33.2 Å². The van der Waals surface area contributed by atoms with Crippen LogP contribution in [-0.4, -0.2) is 168 Å². The Morgan fingerprint density at radius 3 is 2.05 bits per heavy atom. The second-order valence-electron chi connectivity index (χ2n) is 17.9. The van der Waals surface area contributed by atoms with E-state index in [1.165, 1.54) is 14.0 Å². The molecule has 0 aromatic heterocycles. The smallest absolute Gasteiger partial charge is 0.311 e. The third-order valence-corrected chi connectivity index (χ3v) is 13.0. The van der Waals surface area contributed by atoms with Crippen molar-refractivity contribution < 1.29 is 58.4 Å². The molecule has 0 aromatic rings. The molecule has 4 N–H and O–H groups in total. The Balaban J connectivity index is 2.24. The van der Waals surface area contributed by atoms with Crippen molar-refractivity contribution in [3.63, 3.8) is 0 Å². The molecule has 3 saturated heterocycles. The maximum atomic E-state index is 14.4. The van der Waals surface area contributed by atoms with Gasteiger partial charge < -0.3 is 58.5 Å². The molecule has 0 unspecified atom stereocenters. The highest BCUT2D eigenvalue weighted by molar-refractivity contribution is 5.73. The minimum absolute atomic E-state index is 0.00626. The maximum absolute atomic E-state index is 14.4. The number of hydrogen-bond donors (Lipinski definition) is 4. The predicted octanol–water partition coefficient (Wildman–Crippen LogP) is 3.34. The molecule has 3 aliphatic heterocycles. The van der Waals surface area contributed by atoms with Crippen LogP contribution in [0.25, 0.3) is 0 Å². The fraction of sp³-hybridized carbons (Fsp3) is 0.976. The average molecular weight is 791 g/mol. The van der Waals surface area contributed by atoms with Gasteiger partial charge in [-0.2, -0.15) is 0 Å². The van der Waals surface area contributed by atoms with Gasteiger partial charge in [-0.1, -0.05) is 27.7 Å². The third-order valence-electron chi connectivity index (χ3n) is 13.0. The number of aliphatic hydroxyl groups is 4. The Morgan fingerprint density at radius 2 is 1.51 bits per heavy atom. The van der Waals surface area contributed by atoms with Crippen molar-refractivity contribution in [1.82, 2.24) is 9.80 Å². The minimum Gasteiger partial charge on any atom is -0.459 e. The van der Waals surface area contributed by atoms with Crippen LogP contribution in [0.1, 0.15) is 108 Å². The van der Waals surface area contributed by atoms with E-state index < -0.39 is 96.0 Å². The Labute approximate surface area is 331 Å². The van der Waals surface area contributed by atoms with Crippen LogP contribution in [0.4, 0.5) is 0 Å². The van der Waals surface area contributed by atoms with Crippen molar-refractivity contribution in [2.24, 2.45) is 17.8 Å². The van der Waals surface area contributed by atoms with Crippen LogP contribution in [0, 0.1) is 17.8 Å². The van der Waals surface area contributed by atoms with Gasteiger partial charge >= 0.3 is 5.97 Å². The van der Waals surface area contributed by atoms with E-state index >= 15 is 0 Å². The Kier molecular flexibility index (Phi) is 17.4. The molecular formula is C41H78N2O12. The van der Waals surface area contributed by atoms with Gasteiger partial charge in [-0.15, -0.1) is 0 Å². The number of aliphatic hydroxyl groups excluding tert-OH is 3. The Bertz CT molecular complexity index is 1200. The fourth-order valence-corrected chi connectivity index (χ4v) is 9.36. The summed E-state index contributed by atoms with van der Waals surface area (Å²) in [5, 5.41) is 46.4. The molecule has 0 aliphatic carbocycles. The van der Waals surface area contributed by atoms with Gasteiger partial charge in [0.1, 0.15) is 30.0 Å². The van der Waals surface area contributed by atoms with E-state index in [9.17, 15) is 25.2 Å². The monoisotopic (exact) mass is 791 g/mol. The zero-order chi connectivity index (χ0) is 41.8. The van der Waals surface area contributed by atoms with Gasteiger partial charge in [0.2, 0.25) is 0 Å². The molecule has 3 heterocycles. The number of carbonyl (C=O) groups is 1. The third kappa shape index (κ3) is 11.0. The Morgan fingerprint density at radius 1 is 0.891 bits per heavy atom. The topological polar surface area (TPSA) is 169 Å². The zero-order valence-electron chi connectivity index (χ0n) is 36.6. The van der Waals surface area contributed by atoms with Crippen molar-refractivity contribution in [2.75, 3.05) is 41.4 Å². The molecule has 0 amide bonds. The number of esters is 1. The van der Waals surface area contributed by atoms with Gasteiger partial charge in [-0.05, 0) is 101 Å². The number of cyclic esters (lactones) is 1. The second-order valence-corrected chi connectivity index (χ2v) is 17.9. The van der Waals surface area contributed by atoms with Crippen molar-refractivity contribution in [1.29, 1.82) is 0 Å². The molecule has 3 fully saturated rings. The first kappa shape index (κ1) is 48.4. The molecular weight excluding hydrogens is 712 g/mol. The number of ether oxygens (including phenoxy) is 7. The van der Waals surface area contributed by atoms with Gasteiger partial charge in [-0.25, -0.2) is 0 Å². The molecule has 324 valence electrons. The molecule has 3 aliphatic rings. The molecule has 0 aromatic carbocycles. The van der Waals surface area contributed by atoms with Crippen molar-refractivity contribution >= 4 is 5.97 Å². The number of carbonyl (C=O) groups excluding carboxylic acids is 1. The number of likely N-dealkylation sites (N-methyl/N-ethyl adjacent to an activating group) is 1. The molecule has 55 heavy (non-hydrogen) atoms. The fourth-order valence-electron chi connectivity index (χ4n) is 9.36. The van der Waals surface area contributed by atoms with Crippen LogP contribution in [0.5, 0.6) is 0 Å². The summed E-state index contributed by atoms with van der Waals surface area (Å²) in [6, 6.07) is -0.709. The second kappa shape index (κ2) is 19.8. The molecule has 0 spiro atoms. The number of methoxy groups -OCH3 is 2. The molecule has 18 atom stereocenters. The lowest BCUT2D eigenvalue weighted by atomic mass is 9.77. The van der Waals surface area contributed by atoms with Gasteiger partial charge in [0, 0.05) is 45.2 Å². The van der Waals surface area contributed by atoms with Gasteiger partial charge in [0.25, 0.3) is 0 Å². The van der Waals surface area contributed by atoms with E-state index in [1.807, 2.05) is 53.6 Å². The molecule has 14 nitrogen and oxygen atoms in total. The quantitative estimate of drug-likeness (QED) is 0.238. The van der Waals surface area contributed by atoms with Crippen LogP contribution in [-0.2, 0) is 38.0 Å². The van der Waals surface area contributed by atoms with E-state index in [0.29, 0.717) is 25.9 Å². The van der Waals surface area contributed by atoms with Crippen LogP contribution in [0.2, 0.25) is 0 Å². The highest BCUT2D eigenvalue weighted by atomic mass is 16.7. The lowest BCUT2D eigenvalue weighted by molar-refractivity contribution is -0.319. The number of nitrogens with zero attached hydrogens (tertiary/aromatic N) is 2. The molecule has 0 bridgehead atoms. The van der Waals surface area contributed by atoms with Crippen LogP contribution < -0.4 is 0 Å².